The van der Waals surface area contributed by atoms with Crippen LogP contribution >= 0.6 is 0 Å². The van der Waals surface area contributed by atoms with Crippen LogP contribution in [0.15, 0.2) is 67.0 Å². The summed E-state index contributed by atoms with van der Waals surface area (Å²) in [6.45, 7) is 1.95. The fraction of sp³-hybridized carbons (Fsp3) is 0.136. The van der Waals surface area contributed by atoms with Crippen LogP contribution in [0.1, 0.15) is 18.5 Å². The number of aromatic nitrogens is 2. The number of fused-ring (bicyclic) bond motifs is 1. The maximum Gasteiger partial charge on any atom is 0.165 e. The van der Waals surface area contributed by atoms with Crippen molar-refractivity contribution in [3.8, 4) is 22.6 Å². The van der Waals surface area contributed by atoms with E-state index < -0.39 is 0 Å². The lowest BCUT2D eigenvalue weighted by Gasteiger charge is -2.12. The summed E-state index contributed by atoms with van der Waals surface area (Å²) >= 11 is 0. The van der Waals surface area contributed by atoms with Crippen LogP contribution in [0.5, 0.6) is 5.75 Å². The highest BCUT2D eigenvalue weighted by Crippen LogP contribution is 2.33. The molecule has 0 bridgehead atoms. The van der Waals surface area contributed by atoms with E-state index in [0.717, 1.165) is 27.8 Å². The zero-order chi connectivity index (χ0) is 19.0. The van der Waals surface area contributed by atoms with Gasteiger partial charge in [0.15, 0.2) is 11.6 Å². The molecule has 0 saturated heterocycles. The molecule has 0 aliphatic carbocycles. The van der Waals surface area contributed by atoms with Gasteiger partial charge in [0.1, 0.15) is 6.33 Å². The molecule has 1 heterocycles. The molecule has 2 N–H and O–H groups in total. The Morgan fingerprint density at radius 1 is 1.07 bits per heavy atom. The number of hydrogen-bond donors (Lipinski definition) is 1. The summed E-state index contributed by atoms with van der Waals surface area (Å²) in [4.78, 5) is 4.51. The van der Waals surface area contributed by atoms with Gasteiger partial charge in [-0.1, -0.05) is 30.3 Å². The van der Waals surface area contributed by atoms with E-state index in [2.05, 4.69) is 4.98 Å². The molecule has 3 aromatic carbocycles. The van der Waals surface area contributed by atoms with Crippen molar-refractivity contribution in [3.05, 3.63) is 78.4 Å². The molecule has 4 nitrogen and oxygen atoms in total. The van der Waals surface area contributed by atoms with Crippen molar-refractivity contribution in [1.29, 1.82) is 0 Å². The van der Waals surface area contributed by atoms with Crippen LogP contribution in [0.4, 0.5) is 4.39 Å². The molecule has 0 saturated carbocycles. The first-order valence-electron chi connectivity index (χ1n) is 8.74. The fourth-order valence-electron chi connectivity index (χ4n) is 3.29. The molecule has 0 fully saturated rings. The molecule has 0 amide bonds. The normalized spacial score (nSPS) is 12.3. The molecule has 4 rings (SSSR count). The summed E-state index contributed by atoms with van der Waals surface area (Å²) in [6, 6.07) is 18.8. The molecule has 4 aromatic rings. The quantitative estimate of drug-likeness (QED) is 0.565. The van der Waals surface area contributed by atoms with Gasteiger partial charge in [0, 0.05) is 17.3 Å². The van der Waals surface area contributed by atoms with Crippen LogP contribution in [0.25, 0.3) is 27.8 Å². The van der Waals surface area contributed by atoms with Crippen LogP contribution in [-0.4, -0.2) is 16.7 Å². The number of rotatable bonds is 4. The molecular formula is C22H20FN3O. The summed E-state index contributed by atoms with van der Waals surface area (Å²) in [6.07, 6.45) is 1.79. The van der Waals surface area contributed by atoms with E-state index in [1.165, 1.54) is 13.2 Å². The van der Waals surface area contributed by atoms with Crippen LogP contribution in [0.2, 0.25) is 0 Å². The predicted molar refractivity (Wildman–Crippen MR) is 106 cm³/mol. The Bertz CT molecular complexity index is 1120. The van der Waals surface area contributed by atoms with E-state index in [-0.39, 0.29) is 17.6 Å². The molecule has 0 unspecified atom stereocenters. The van der Waals surface area contributed by atoms with Gasteiger partial charge >= 0.3 is 0 Å². The number of halogens is 1. The maximum atomic E-state index is 14.1. The lowest BCUT2D eigenvalue weighted by Crippen LogP contribution is -2.04. The largest absolute Gasteiger partial charge is 0.493 e. The van der Waals surface area contributed by atoms with Crippen molar-refractivity contribution >= 4 is 11.0 Å². The molecule has 1 aromatic heterocycles. The van der Waals surface area contributed by atoms with Gasteiger partial charge in [0.25, 0.3) is 0 Å². The standard InChI is InChI=1S/C22H20FN3O/c1-14(24)15-9-10-21-20(12-15)25-13-26(21)17-6-3-5-16(11-17)18-7-4-8-19(23)22(18)27-2/h3-14H,24H2,1-2H3/t14-/m0/s1. The summed E-state index contributed by atoms with van der Waals surface area (Å²) < 4.78 is 21.3. The topological polar surface area (TPSA) is 53.1 Å². The first kappa shape index (κ1) is 17.2. The van der Waals surface area contributed by atoms with Gasteiger partial charge < -0.3 is 10.5 Å². The Balaban J connectivity index is 1.82. The monoisotopic (exact) mass is 361 g/mol. The number of benzene rings is 3. The first-order chi connectivity index (χ1) is 13.1. The Labute approximate surface area is 157 Å². The van der Waals surface area contributed by atoms with E-state index in [1.807, 2.05) is 60.0 Å². The zero-order valence-corrected chi connectivity index (χ0v) is 15.2. The van der Waals surface area contributed by atoms with Crippen LogP contribution in [-0.2, 0) is 0 Å². The number of nitrogens with zero attached hydrogens (tertiary/aromatic N) is 2. The van der Waals surface area contributed by atoms with Crippen molar-refractivity contribution in [2.24, 2.45) is 5.73 Å². The molecule has 0 spiro atoms. The zero-order valence-electron chi connectivity index (χ0n) is 15.2. The fourth-order valence-corrected chi connectivity index (χ4v) is 3.29. The number of para-hydroxylation sites is 1. The van der Waals surface area contributed by atoms with Crippen LogP contribution in [0.3, 0.4) is 0 Å². The summed E-state index contributed by atoms with van der Waals surface area (Å²) in [5.41, 5.74) is 11.4. The smallest absolute Gasteiger partial charge is 0.165 e. The van der Waals surface area contributed by atoms with Gasteiger partial charge in [-0.05, 0) is 48.4 Å². The van der Waals surface area contributed by atoms with Gasteiger partial charge in [0.05, 0.1) is 18.1 Å². The minimum Gasteiger partial charge on any atom is -0.493 e. The third kappa shape index (κ3) is 3.06. The van der Waals surface area contributed by atoms with E-state index in [9.17, 15) is 4.39 Å². The lowest BCUT2D eigenvalue weighted by atomic mass is 10.0. The highest BCUT2D eigenvalue weighted by molar-refractivity contribution is 5.79. The maximum absolute atomic E-state index is 14.1. The van der Waals surface area contributed by atoms with Gasteiger partial charge in [-0.2, -0.15) is 0 Å². The second kappa shape index (κ2) is 6.85. The minimum atomic E-state index is -0.378. The van der Waals surface area contributed by atoms with E-state index >= 15 is 0 Å². The molecule has 5 heteroatoms. The Morgan fingerprint density at radius 3 is 2.67 bits per heavy atom. The van der Waals surface area contributed by atoms with Crippen molar-refractivity contribution in [2.75, 3.05) is 7.11 Å². The molecule has 27 heavy (non-hydrogen) atoms. The van der Waals surface area contributed by atoms with Crippen molar-refractivity contribution < 1.29 is 9.13 Å². The second-order valence-corrected chi connectivity index (χ2v) is 6.52. The van der Waals surface area contributed by atoms with E-state index in [0.29, 0.717) is 5.56 Å². The number of nitrogens with two attached hydrogens (primary N) is 1. The molecule has 1 atom stereocenters. The number of methoxy groups -OCH3 is 1. The average molecular weight is 361 g/mol. The van der Waals surface area contributed by atoms with E-state index in [4.69, 9.17) is 10.5 Å². The van der Waals surface area contributed by atoms with Crippen molar-refractivity contribution in [2.45, 2.75) is 13.0 Å². The average Bonchev–Trinajstić information content (AvgIpc) is 3.11. The van der Waals surface area contributed by atoms with Crippen LogP contribution < -0.4 is 10.5 Å². The Kier molecular flexibility index (Phi) is 4.38. The van der Waals surface area contributed by atoms with Gasteiger partial charge in [-0.15, -0.1) is 0 Å². The highest BCUT2D eigenvalue weighted by atomic mass is 19.1. The Hall–Kier alpha value is -3.18. The minimum absolute atomic E-state index is 0.0386. The van der Waals surface area contributed by atoms with E-state index in [1.54, 1.807) is 12.4 Å². The summed E-state index contributed by atoms with van der Waals surface area (Å²) in [5, 5.41) is 0. The molecule has 0 aliphatic rings. The van der Waals surface area contributed by atoms with Gasteiger partial charge in [-0.3, -0.25) is 4.57 Å². The highest BCUT2D eigenvalue weighted by Gasteiger charge is 2.12. The Morgan fingerprint density at radius 2 is 1.89 bits per heavy atom. The number of hydrogen-bond acceptors (Lipinski definition) is 3. The molecular weight excluding hydrogens is 341 g/mol. The molecule has 0 radical (unpaired) electrons. The number of ether oxygens (including phenoxy) is 1. The van der Waals surface area contributed by atoms with Gasteiger partial charge in [0.2, 0.25) is 0 Å². The lowest BCUT2D eigenvalue weighted by molar-refractivity contribution is 0.388. The second-order valence-electron chi connectivity index (χ2n) is 6.52. The van der Waals surface area contributed by atoms with Crippen LogP contribution in [0, 0.1) is 5.82 Å². The van der Waals surface area contributed by atoms with Crippen molar-refractivity contribution in [3.63, 3.8) is 0 Å². The summed E-state index contributed by atoms with van der Waals surface area (Å²) in [5.74, 6) is -0.136. The number of imidazole rings is 1. The molecule has 0 aliphatic heterocycles. The molecule has 136 valence electrons. The summed E-state index contributed by atoms with van der Waals surface area (Å²) in [7, 11) is 1.48. The third-order valence-corrected chi connectivity index (χ3v) is 4.70. The SMILES string of the molecule is COc1c(F)cccc1-c1cccc(-n2cnc3cc([C@H](C)N)ccc32)c1. The van der Waals surface area contributed by atoms with Gasteiger partial charge in [-0.25, -0.2) is 9.37 Å². The predicted octanol–water partition coefficient (Wildman–Crippen LogP) is 4.86. The first-order valence-corrected chi connectivity index (χ1v) is 8.74. The van der Waals surface area contributed by atoms with Crippen molar-refractivity contribution in [1.82, 2.24) is 9.55 Å². The third-order valence-electron chi connectivity index (χ3n) is 4.70.